The van der Waals surface area contributed by atoms with E-state index in [2.05, 4.69) is 21.3 Å². The monoisotopic (exact) mass is 329 g/mol. The molecule has 0 bridgehead atoms. The fourth-order valence-electron chi connectivity index (χ4n) is 2.55. The number of benzene rings is 1. The molecule has 25 heavy (non-hydrogen) atoms. The lowest BCUT2D eigenvalue weighted by Gasteiger charge is -2.05. The summed E-state index contributed by atoms with van der Waals surface area (Å²) in [6, 6.07) is 14.0. The second-order valence-corrected chi connectivity index (χ2v) is 5.73. The minimum atomic E-state index is -0.261. The van der Waals surface area contributed by atoms with Crippen molar-refractivity contribution in [1.82, 2.24) is 19.7 Å². The van der Waals surface area contributed by atoms with Crippen LogP contribution in [0.2, 0.25) is 0 Å². The van der Waals surface area contributed by atoms with Crippen LogP contribution >= 0.6 is 0 Å². The second-order valence-electron chi connectivity index (χ2n) is 5.73. The van der Waals surface area contributed by atoms with Crippen LogP contribution in [0.15, 0.2) is 67.1 Å². The molecular weight excluding hydrogens is 315 g/mol. The van der Waals surface area contributed by atoms with Crippen molar-refractivity contribution in [3.63, 3.8) is 0 Å². The molecule has 0 aliphatic rings. The van der Waals surface area contributed by atoms with Gasteiger partial charge in [0.25, 0.3) is 0 Å². The summed E-state index contributed by atoms with van der Waals surface area (Å²) in [6.07, 6.45) is 8.41. The largest absolute Gasteiger partial charge is 0.256 e. The van der Waals surface area contributed by atoms with E-state index in [0.717, 1.165) is 27.9 Å². The molecule has 4 rings (SSSR count). The summed E-state index contributed by atoms with van der Waals surface area (Å²) in [7, 11) is 0. The van der Waals surface area contributed by atoms with Crippen LogP contribution in [0.4, 0.5) is 4.39 Å². The van der Waals surface area contributed by atoms with Crippen molar-refractivity contribution in [3.05, 3.63) is 84.7 Å². The van der Waals surface area contributed by atoms with E-state index in [4.69, 9.17) is 0 Å². The highest BCUT2D eigenvalue weighted by atomic mass is 19.1. The average Bonchev–Trinajstić information content (AvgIpc) is 3.08. The first-order valence-corrected chi connectivity index (χ1v) is 7.82. The molecule has 4 nitrogen and oxygen atoms in total. The minimum Gasteiger partial charge on any atom is -0.256 e. The fraction of sp³-hybridized carbons (Fsp3) is 0.0500. The first-order valence-electron chi connectivity index (χ1n) is 7.82. The first kappa shape index (κ1) is 15.2. The summed E-state index contributed by atoms with van der Waals surface area (Å²) < 4.78 is 15.0. The van der Waals surface area contributed by atoms with Crippen molar-refractivity contribution in [3.8, 4) is 28.2 Å². The first-order chi connectivity index (χ1) is 12.2. The molecule has 5 heteroatoms. The van der Waals surface area contributed by atoms with E-state index < -0.39 is 0 Å². The molecule has 0 fully saturated rings. The number of pyridine rings is 2. The van der Waals surface area contributed by atoms with Gasteiger partial charge in [0.2, 0.25) is 0 Å². The molecule has 0 saturated heterocycles. The van der Waals surface area contributed by atoms with Crippen LogP contribution in [-0.4, -0.2) is 19.7 Å². The molecule has 3 heterocycles. The van der Waals surface area contributed by atoms with Gasteiger partial charge in [0.15, 0.2) is 5.82 Å². The van der Waals surface area contributed by atoms with Crippen LogP contribution in [-0.2, 0) is 0 Å². The van der Waals surface area contributed by atoms with E-state index in [1.807, 2.05) is 43.5 Å². The van der Waals surface area contributed by atoms with Crippen LogP contribution in [0.25, 0.3) is 28.2 Å². The standard InChI is InChI=1S/C20H14FN4/c1-14-10-24-25(13-14)20-8-6-17(12-23-20)19-7-5-16(11-22-19)15-3-2-4-18(21)9-15/h2-11,13H,1H3. The molecule has 0 saturated carbocycles. The third-order valence-electron chi connectivity index (χ3n) is 3.83. The van der Waals surface area contributed by atoms with Crippen molar-refractivity contribution in [2.24, 2.45) is 0 Å². The van der Waals surface area contributed by atoms with Crippen LogP contribution in [0.3, 0.4) is 0 Å². The third kappa shape index (κ3) is 3.17. The van der Waals surface area contributed by atoms with Gasteiger partial charge in [-0.05, 0) is 48.4 Å². The van der Waals surface area contributed by atoms with Crippen molar-refractivity contribution in [2.45, 2.75) is 6.92 Å². The molecule has 0 N–H and O–H groups in total. The second kappa shape index (κ2) is 6.28. The van der Waals surface area contributed by atoms with Crippen LogP contribution in [0.5, 0.6) is 0 Å². The van der Waals surface area contributed by atoms with Gasteiger partial charge < -0.3 is 0 Å². The highest BCUT2D eigenvalue weighted by Gasteiger charge is 2.05. The van der Waals surface area contributed by atoms with Gasteiger partial charge in [0.1, 0.15) is 12.0 Å². The number of nitrogens with zero attached hydrogens (tertiary/aromatic N) is 4. The Bertz CT molecular complexity index is 1000. The van der Waals surface area contributed by atoms with Gasteiger partial charge in [-0.2, -0.15) is 5.10 Å². The zero-order valence-electron chi connectivity index (χ0n) is 13.5. The fourth-order valence-corrected chi connectivity index (χ4v) is 2.55. The predicted octanol–water partition coefficient (Wildman–Crippen LogP) is 4.24. The number of aromatic nitrogens is 4. The van der Waals surface area contributed by atoms with Gasteiger partial charge in [-0.15, -0.1) is 0 Å². The van der Waals surface area contributed by atoms with Gasteiger partial charge in [0, 0.05) is 23.5 Å². The van der Waals surface area contributed by atoms with E-state index in [0.29, 0.717) is 5.82 Å². The molecule has 0 aliphatic heterocycles. The summed E-state index contributed by atoms with van der Waals surface area (Å²) in [5, 5.41) is 4.23. The summed E-state index contributed by atoms with van der Waals surface area (Å²) >= 11 is 0. The molecule has 0 atom stereocenters. The Kier molecular flexibility index (Phi) is 3.82. The number of aryl methyl sites for hydroxylation is 1. The van der Waals surface area contributed by atoms with E-state index >= 15 is 0 Å². The highest BCUT2D eigenvalue weighted by molar-refractivity contribution is 5.66. The Morgan fingerprint density at radius 1 is 1.00 bits per heavy atom. The van der Waals surface area contributed by atoms with Crippen LogP contribution < -0.4 is 0 Å². The maximum absolute atomic E-state index is 13.3. The summed E-state index contributed by atoms with van der Waals surface area (Å²) in [5.41, 5.74) is 4.28. The Hall–Kier alpha value is -3.34. The molecule has 0 spiro atoms. The SMILES string of the molecule is Cc1cnn(-c2ccc(-c3ccc(-c4cccc(F)c4)cn3)[c]n2)c1. The lowest BCUT2D eigenvalue weighted by molar-refractivity contribution is 0.628. The molecule has 0 aliphatic carbocycles. The summed E-state index contributed by atoms with van der Waals surface area (Å²) in [6.45, 7) is 1.98. The van der Waals surface area contributed by atoms with Crippen LogP contribution in [0, 0.1) is 18.9 Å². The average molecular weight is 329 g/mol. The zero-order chi connectivity index (χ0) is 17.2. The smallest absolute Gasteiger partial charge is 0.154 e. The van der Waals surface area contributed by atoms with Crippen LogP contribution in [0.1, 0.15) is 5.56 Å². The number of hydrogen-bond acceptors (Lipinski definition) is 3. The third-order valence-corrected chi connectivity index (χ3v) is 3.83. The maximum atomic E-state index is 13.3. The van der Waals surface area contributed by atoms with E-state index in [9.17, 15) is 4.39 Å². The molecule has 4 aromatic rings. The van der Waals surface area contributed by atoms with Gasteiger partial charge in [-0.25, -0.2) is 14.1 Å². The Morgan fingerprint density at radius 3 is 2.56 bits per heavy atom. The Balaban J connectivity index is 1.60. The topological polar surface area (TPSA) is 43.6 Å². The molecule has 121 valence electrons. The lowest BCUT2D eigenvalue weighted by atomic mass is 10.1. The number of rotatable bonds is 3. The lowest BCUT2D eigenvalue weighted by Crippen LogP contribution is -1.98. The molecule has 1 radical (unpaired) electrons. The van der Waals surface area contributed by atoms with Gasteiger partial charge >= 0.3 is 0 Å². The molecule has 3 aromatic heterocycles. The van der Waals surface area contributed by atoms with Gasteiger partial charge in [-0.3, -0.25) is 4.98 Å². The Labute approximate surface area is 144 Å². The zero-order valence-corrected chi connectivity index (χ0v) is 13.5. The summed E-state index contributed by atoms with van der Waals surface area (Å²) in [4.78, 5) is 8.76. The van der Waals surface area contributed by atoms with Crippen molar-refractivity contribution in [1.29, 1.82) is 0 Å². The Morgan fingerprint density at radius 2 is 1.92 bits per heavy atom. The number of hydrogen-bond donors (Lipinski definition) is 0. The van der Waals surface area contributed by atoms with Crippen molar-refractivity contribution in [2.75, 3.05) is 0 Å². The normalized spacial score (nSPS) is 10.8. The van der Waals surface area contributed by atoms with E-state index in [-0.39, 0.29) is 5.82 Å². The minimum absolute atomic E-state index is 0.261. The van der Waals surface area contributed by atoms with E-state index in [1.165, 1.54) is 12.1 Å². The quantitative estimate of drug-likeness (QED) is 0.564. The maximum Gasteiger partial charge on any atom is 0.154 e. The van der Waals surface area contributed by atoms with Crippen molar-refractivity contribution < 1.29 is 4.39 Å². The molecule has 1 aromatic carbocycles. The highest BCUT2D eigenvalue weighted by Crippen LogP contribution is 2.23. The summed E-state index contributed by atoms with van der Waals surface area (Å²) in [5.74, 6) is 0.441. The van der Waals surface area contributed by atoms with Gasteiger partial charge in [0.05, 0.1) is 11.9 Å². The number of halogens is 1. The predicted molar refractivity (Wildman–Crippen MR) is 93.6 cm³/mol. The van der Waals surface area contributed by atoms with Crippen molar-refractivity contribution >= 4 is 0 Å². The molecule has 0 amide bonds. The van der Waals surface area contributed by atoms with E-state index in [1.54, 1.807) is 23.1 Å². The molecular formula is C20H14FN4. The molecule has 0 unspecified atom stereocenters. The van der Waals surface area contributed by atoms with Gasteiger partial charge in [-0.1, -0.05) is 18.2 Å².